The minimum absolute atomic E-state index is 0.405. The summed E-state index contributed by atoms with van der Waals surface area (Å²) in [6.45, 7) is 4.18. The van der Waals surface area contributed by atoms with Gasteiger partial charge in [0.15, 0.2) is 5.82 Å². The summed E-state index contributed by atoms with van der Waals surface area (Å²) in [5, 5.41) is 19.0. The number of likely N-dealkylation sites (tertiary alicyclic amines) is 1. The van der Waals surface area contributed by atoms with E-state index in [9.17, 15) is 5.11 Å². The van der Waals surface area contributed by atoms with Crippen LogP contribution in [0.1, 0.15) is 30.1 Å². The Balaban J connectivity index is 1.40. The summed E-state index contributed by atoms with van der Waals surface area (Å²) >= 11 is 0. The Morgan fingerprint density at radius 1 is 1.27 bits per heavy atom. The number of hydrogen-bond acceptors (Lipinski definition) is 6. The predicted octanol–water partition coefficient (Wildman–Crippen LogP) is 2.13. The maximum absolute atomic E-state index is 11.0. The molecular formula is C19H23N5O2. The van der Waals surface area contributed by atoms with Crippen LogP contribution in [0.25, 0.3) is 5.69 Å². The van der Waals surface area contributed by atoms with Gasteiger partial charge in [-0.15, -0.1) is 0 Å². The first kappa shape index (κ1) is 16.9. The van der Waals surface area contributed by atoms with Crippen LogP contribution in [-0.4, -0.2) is 48.6 Å². The molecule has 1 aromatic carbocycles. The molecule has 2 aromatic heterocycles. The van der Waals surface area contributed by atoms with Crippen molar-refractivity contribution in [1.29, 1.82) is 0 Å². The maximum atomic E-state index is 11.0. The summed E-state index contributed by atoms with van der Waals surface area (Å²) in [7, 11) is 0. The average Bonchev–Trinajstić information content (AvgIpc) is 3.27. The number of benzene rings is 1. The van der Waals surface area contributed by atoms with Gasteiger partial charge in [-0.05, 0) is 50.1 Å². The van der Waals surface area contributed by atoms with E-state index < -0.39 is 5.60 Å². The number of aryl methyl sites for hydroxylation is 1. The highest BCUT2D eigenvalue weighted by Crippen LogP contribution is 2.26. The van der Waals surface area contributed by atoms with Gasteiger partial charge in [0, 0.05) is 25.5 Å². The van der Waals surface area contributed by atoms with Crippen LogP contribution in [0.2, 0.25) is 0 Å². The number of nitrogens with zero attached hydrogens (tertiary/aromatic N) is 5. The zero-order valence-electron chi connectivity index (χ0n) is 14.9. The molecule has 26 heavy (non-hydrogen) atoms. The van der Waals surface area contributed by atoms with E-state index in [1.54, 1.807) is 13.1 Å². The van der Waals surface area contributed by atoms with Crippen LogP contribution in [0, 0.1) is 6.92 Å². The quantitative estimate of drug-likeness (QED) is 0.757. The molecule has 1 unspecified atom stereocenters. The monoisotopic (exact) mass is 353 g/mol. The molecule has 7 nitrogen and oxygen atoms in total. The predicted molar refractivity (Wildman–Crippen MR) is 95.8 cm³/mol. The van der Waals surface area contributed by atoms with Crippen molar-refractivity contribution < 1.29 is 9.63 Å². The lowest BCUT2D eigenvalue weighted by Gasteiger charge is -2.38. The lowest BCUT2D eigenvalue weighted by atomic mass is 9.89. The summed E-state index contributed by atoms with van der Waals surface area (Å²) in [5.41, 5.74) is 1.45. The molecule has 1 saturated heterocycles. The number of aliphatic hydroxyl groups is 1. The molecule has 0 saturated carbocycles. The summed E-state index contributed by atoms with van der Waals surface area (Å²) in [6, 6.07) is 10.3. The van der Waals surface area contributed by atoms with Gasteiger partial charge >= 0.3 is 0 Å². The highest BCUT2D eigenvalue weighted by atomic mass is 16.5. The first-order valence-electron chi connectivity index (χ1n) is 8.93. The Kier molecular flexibility index (Phi) is 4.57. The van der Waals surface area contributed by atoms with Crippen molar-refractivity contribution in [2.24, 2.45) is 0 Å². The van der Waals surface area contributed by atoms with Crippen LogP contribution in [0.3, 0.4) is 0 Å². The highest BCUT2D eigenvalue weighted by Gasteiger charge is 2.35. The third kappa shape index (κ3) is 3.84. The fourth-order valence-electron chi connectivity index (χ4n) is 3.61. The third-order valence-electron chi connectivity index (χ3n) is 4.80. The molecule has 1 atom stereocenters. The second kappa shape index (κ2) is 7.01. The number of aromatic nitrogens is 4. The van der Waals surface area contributed by atoms with Gasteiger partial charge in [-0.2, -0.15) is 10.1 Å². The topological polar surface area (TPSA) is 80.2 Å². The summed E-state index contributed by atoms with van der Waals surface area (Å²) in [4.78, 5) is 6.52. The number of rotatable bonds is 5. The van der Waals surface area contributed by atoms with E-state index >= 15 is 0 Å². The molecule has 0 radical (unpaired) electrons. The van der Waals surface area contributed by atoms with Gasteiger partial charge in [0.25, 0.3) is 0 Å². The smallest absolute Gasteiger partial charge is 0.229 e. The Labute approximate surface area is 152 Å². The first-order chi connectivity index (χ1) is 12.6. The molecule has 0 aliphatic carbocycles. The molecular weight excluding hydrogens is 330 g/mol. The third-order valence-corrected chi connectivity index (χ3v) is 4.80. The minimum atomic E-state index is -0.813. The summed E-state index contributed by atoms with van der Waals surface area (Å²) < 4.78 is 7.03. The first-order valence-corrected chi connectivity index (χ1v) is 8.93. The number of piperidine rings is 1. The molecule has 3 heterocycles. The standard InChI is InChI=1S/C19H23N5O2/c1-15-21-18(26-22-15)12-19(25)8-2-10-23(14-19)13-16-4-6-17(7-5-16)24-11-3-9-20-24/h3-7,9,11,25H,2,8,10,12-14H2,1H3. The van der Waals surface area contributed by atoms with Crippen LogP contribution in [0.15, 0.2) is 47.2 Å². The van der Waals surface area contributed by atoms with Crippen LogP contribution < -0.4 is 0 Å². The summed E-state index contributed by atoms with van der Waals surface area (Å²) in [6.07, 6.45) is 5.81. The van der Waals surface area contributed by atoms with Crippen molar-refractivity contribution in [2.75, 3.05) is 13.1 Å². The van der Waals surface area contributed by atoms with Crippen molar-refractivity contribution in [1.82, 2.24) is 24.8 Å². The van der Waals surface area contributed by atoms with Crippen molar-refractivity contribution in [3.8, 4) is 5.69 Å². The molecule has 1 aliphatic rings. The molecule has 3 aromatic rings. The molecule has 0 spiro atoms. The second-order valence-electron chi connectivity index (χ2n) is 7.07. The highest BCUT2D eigenvalue weighted by molar-refractivity contribution is 5.33. The van der Waals surface area contributed by atoms with Crippen molar-refractivity contribution in [3.05, 3.63) is 60.0 Å². The molecule has 4 rings (SSSR count). The van der Waals surface area contributed by atoms with Crippen LogP contribution in [0.4, 0.5) is 0 Å². The zero-order valence-corrected chi connectivity index (χ0v) is 14.9. The van der Waals surface area contributed by atoms with Gasteiger partial charge in [0.05, 0.1) is 17.7 Å². The lowest BCUT2D eigenvalue weighted by molar-refractivity contribution is -0.0373. The van der Waals surface area contributed by atoms with E-state index in [2.05, 4.69) is 44.4 Å². The van der Waals surface area contributed by atoms with E-state index in [1.807, 2.05) is 16.9 Å². The van der Waals surface area contributed by atoms with Crippen LogP contribution >= 0.6 is 0 Å². The fourth-order valence-corrected chi connectivity index (χ4v) is 3.61. The number of β-amino-alcohol motifs (C(OH)–C–C–N with tert-alkyl or cyclic N) is 1. The van der Waals surface area contributed by atoms with Crippen LogP contribution in [0.5, 0.6) is 0 Å². The Bertz CT molecular complexity index is 843. The molecule has 1 fully saturated rings. The Hall–Kier alpha value is -2.51. The van der Waals surface area contributed by atoms with Gasteiger partial charge < -0.3 is 9.63 Å². The number of hydrogen-bond donors (Lipinski definition) is 1. The van der Waals surface area contributed by atoms with Crippen molar-refractivity contribution >= 4 is 0 Å². The second-order valence-corrected chi connectivity index (χ2v) is 7.07. The lowest BCUT2D eigenvalue weighted by Crippen LogP contribution is -2.49. The Morgan fingerprint density at radius 3 is 2.81 bits per heavy atom. The fraction of sp³-hybridized carbons (Fsp3) is 0.421. The van der Waals surface area contributed by atoms with Crippen molar-refractivity contribution in [2.45, 2.75) is 38.3 Å². The largest absolute Gasteiger partial charge is 0.388 e. The van der Waals surface area contributed by atoms with Gasteiger partial charge in [0.1, 0.15) is 0 Å². The SMILES string of the molecule is Cc1noc(CC2(O)CCCN(Cc3ccc(-n4cccn4)cc3)C2)n1. The van der Waals surface area contributed by atoms with E-state index in [0.29, 0.717) is 24.7 Å². The van der Waals surface area contributed by atoms with Crippen LogP contribution in [-0.2, 0) is 13.0 Å². The molecule has 7 heteroatoms. The summed E-state index contributed by atoms with van der Waals surface area (Å²) in [5.74, 6) is 1.11. The molecule has 1 aliphatic heterocycles. The van der Waals surface area contributed by atoms with Crippen molar-refractivity contribution in [3.63, 3.8) is 0 Å². The molecule has 136 valence electrons. The average molecular weight is 353 g/mol. The maximum Gasteiger partial charge on any atom is 0.229 e. The normalized spacial score (nSPS) is 21.2. The van der Waals surface area contributed by atoms with E-state index in [1.165, 1.54) is 5.56 Å². The molecule has 0 amide bonds. The zero-order chi connectivity index (χ0) is 18.0. The van der Waals surface area contributed by atoms with Gasteiger partial charge in [-0.3, -0.25) is 4.90 Å². The van der Waals surface area contributed by atoms with Gasteiger partial charge in [-0.25, -0.2) is 4.68 Å². The Morgan fingerprint density at radius 2 is 2.12 bits per heavy atom. The van der Waals surface area contributed by atoms with E-state index in [4.69, 9.17) is 4.52 Å². The van der Waals surface area contributed by atoms with Gasteiger partial charge in [-0.1, -0.05) is 17.3 Å². The van der Waals surface area contributed by atoms with E-state index in [0.717, 1.165) is 31.6 Å². The van der Waals surface area contributed by atoms with Gasteiger partial charge in [0.2, 0.25) is 5.89 Å². The minimum Gasteiger partial charge on any atom is -0.388 e. The molecule has 1 N–H and O–H groups in total. The van der Waals surface area contributed by atoms with E-state index in [-0.39, 0.29) is 0 Å². The molecule has 0 bridgehead atoms.